The molecule has 2 rings (SSSR count). The van der Waals surface area contributed by atoms with Gasteiger partial charge < -0.3 is 15.8 Å². The Morgan fingerprint density at radius 3 is 2.64 bits per heavy atom. The smallest absolute Gasteiger partial charge is 0.228 e. The molecule has 22 heavy (non-hydrogen) atoms. The number of nitrogens with zero attached hydrogens (tertiary/aromatic N) is 1. The van der Waals surface area contributed by atoms with E-state index in [0.717, 1.165) is 11.3 Å². The third kappa shape index (κ3) is 5.26. The SMILES string of the molecule is CC(C)Oc1ccccc1CC(=O)Nc1ccc(N)nc1.Cl. The van der Waals surface area contributed by atoms with Crippen LogP contribution >= 0.6 is 12.4 Å². The zero-order valence-corrected chi connectivity index (χ0v) is 13.4. The van der Waals surface area contributed by atoms with Gasteiger partial charge in [-0.3, -0.25) is 4.79 Å². The van der Waals surface area contributed by atoms with Gasteiger partial charge in [-0.05, 0) is 32.0 Å². The highest BCUT2D eigenvalue weighted by atomic mass is 35.5. The predicted octanol–water partition coefficient (Wildman–Crippen LogP) is 3.05. The summed E-state index contributed by atoms with van der Waals surface area (Å²) < 4.78 is 5.70. The number of para-hydroxylation sites is 1. The van der Waals surface area contributed by atoms with Crippen molar-refractivity contribution >= 4 is 29.8 Å². The topological polar surface area (TPSA) is 77.2 Å². The first-order chi connectivity index (χ1) is 10.0. The van der Waals surface area contributed by atoms with E-state index < -0.39 is 0 Å². The predicted molar refractivity (Wildman–Crippen MR) is 90.4 cm³/mol. The Labute approximate surface area is 136 Å². The molecule has 1 aromatic carbocycles. The standard InChI is InChI=1S/C16H19N3O2.ClH/c1-11(2)21-14-6-4-3-5-12(14)9-16(20)19-13-7-8-15(17)18-10-13;/h3-8,10-11H,9H2,1-2H3,(H2,17,18)(H,19,20);1H. The van der Waals surface area contributed by atoms with Gasteiger partial charge in [-0.1, -0.05) is 18.2 Å². The Kier molecular flexibility index (Phi) is 6.66. The zero-order chi connectivity index (χ0) is 15.2. The minimum absolute atomic E-state index is 0. The van der Waals surface area contributed by atoms with E-state index in [0.29, 0.717) is 11.5 Å². The van der Waals surface area contributed by atoms with Crippen LogP contribution in [0.4, 0.5) is 11.5 Å². The number of nitrogens with one attached hydrogen (secondary N) is 1. The molecule has 0 aliphatic rings. The highest BCUT2D eigenvalue weighted by Gasteiger charge is 2.10. The average Bonchev–Trinajstić information content (AvgIpc) is 2.43. The molecule has 0 radical (unpaired) electrons. The van der Waals surface area contributed by atoms with Crippen LogP contribution in [0.1, 0.15) is 19.4 Å². The number of carbonyl (C=O) groups is 1. The summed E-state index contributed by atoms with van der Waals surface area (Å²) in [6, 6.07) is 10.9. The lowest BCUT2D eigenvalue weighted by atomic mass is 10.1. The van der Waals surface area contributed by atoms with Gasteiger partial charge in [0.1, 0.15) is 11.6 Å². The molecule has 0 atom stereocenters. The summed E-state index contributed by atoms with van der Waals surface area (Å²) in [5.41, 5.74) is 6.98. The number of benzene rings is 1. The zero-order valence-electron chi connectivity index (χ0n) is 12.6. The molecule has 0 unspecified atom stereocenters. The molecule has 0 aliphatic heterocycles. The molecule has 2 aromatic rings. The number of hydrogen-bond acceptors (Lipinski definition) is 4. The second kappa shape index (κ2) is 8.24. The number of halogens is 1. The number of aromatic nitrogens is 1. The quantitative estimate of drug-likeness (QED) is 0.887. The average molecular weight is 322 g/mol. The van der Waals surface area contributed by atoms with E-state index in [9.17, 15) is 4.79 Å². The normalized spacial score (nSPS) is 9.95. The molecule has 0 saturated heterocycles. The molecular formula is C16H20ClN3O2. The number of anilines is 2. The summed E-state index contributed by atoms with van der Waals surface area (Å²) in [7, 11) is 0. The molecule has 1 aromatic heterocycles. The summed E-state index contributed by atoms with van der Waals surface area (Å²) in [6.45, 7) is 3.91. The minimum atomic E-state index is -0.124. The van der Waals surface area contributed by atoms with Gasteiger partial charge in [0.2, 0.25) is 5.91 Å². The summed E-state index contributed by atoms with van der Waals surface area (Å²) in [5.74, 6) is 1.03. The van der Waals surface area contributed by atoms with Gasteiger partial charge in [0.15, 0.2) is 0 Å². The lowest BCUT2D eigenvalue weighted by Gasteiger charge is -2.14. The van der Waals surface area contributed by atoms with Crippen molar-refractivity contribution in [1.29, 1.82) is 0 Å². The van der Waals surface area contributed by atoms with Crippen LogP contribution in [0, 0.1) is 0 Å². The Bertz CT molecular complexity index is 615. The summed E-state index contributed by atoms with van der Waals surface area (Å²) in [6.07, 6.45) is 1.84. The van der Waals surface area contributed by atoms with Crippen molar-refractivity contribution in [3.63, 3.8) is 0 Å². The number of hydrogen-bond donors (Lipinski definition) is 2. The van der Waals surface area contributed by atoms with E-state index in [2.05, 4.69) is 10.3 Å². The Balaban J connectivity index is 0.00000242. The van der Waals surface area contributed by atoms with Crippen molar-refractivity contribution in [1.82, 2.24) is 4.98 Å². The minimum Gasteiger partial charge on any atom is -0.491 e. The number of amides is 1. The fourth-order valence-corrected chi connectivity index (χ4v) is 1.88. The molecular weight excluding hydrogens is 302 g/mol. The van der Waals surface area contributed by atoms with Crippen molar-refractivity contribution in [3.05, 3.63) is 48.2 Å². The molecule has 6 heteroatoms. The molecule has 0 aliphatic carbocycles. The maximum Gasteiger partial charge on any atom is 0.228 e. The van der Waals surface area contributed by atoms with Crippen LogP contribution in [0.5, 0.6) is 5.75 Å². The van der Waals surface area contributed by atoms with Crippen LogP contribution in [-0.2, 0) is 11.2 Å². The van der Waals surface area contributed by atoms with E-state index in [1.54, 1.807) is 12.1 Å². The van der Waals surface area contributed by atoms with Crippen LogP contribution < -0.4 is 15.8 Å². The maximum atomic E-state index is 12.1. The van der Waals surface area contributed by atoms with Gasteiger partial charge in [-0.25, -0.2) is 4.98 Å². The van der Waals surface area contributed by atoms with Gasteiger partial charge in [-0.15, -0.1) is 12.4 Å². The number of pyridine rings is 1. The van der Waals surface area contributed by atoms with Crippen LogP contribution in [-0.4, -0.2) is 17.0 Å². The van der Waals surface area contributed by atoms with Crippen molar-refractivity contribution in [2.75, 3.05) is 11.1 Å². The number of nitrogens with two attached hydrogens (primary N) is 1. The first-order valence-corrected chi connectivity index (χ1v) is 6.80. The molecule has 1 heterocycles. The summed E-state index contributed by atoms with van der Waals surface area (Å²) in [4.78, 5) is 16.0. The molecule has 0 saturated carbocycles. The van der Waals surface area contributed by atoms with Crippen molar-refractivity contribution in [3.8, 4) is 5.75 Å². The molecule has 118 valence electrons. The van der Waals surface area contributed by atoms with E-state index in [4.69, 9.17) is 10.5 Å². The molecule has 0 spiro atoms. The first kappa shape index (κ1) is 17.8. The molecule has 3 N–H and O–H groups in total. The Morgan fingerprint density at radius 2 is 2.00 bits per heavy atom. The van der Waals surface area contributed by atoms with Gasteiger partial charge in [0.25, 0.3) is 0 Å². The van der Waals surface area contributed by atoms with E-state index >= 15 is 0 Å². The molecule has 0 fully saturated rings. The Hall–Kier alpha value is -2.27. The fourth-order valence-electron chi connectivity index (χ4n) is 1.88. The van der Waals surface area contributed by atoms with Crippen LogP contribution in [0.25, 0.3) is 0 Å². The number of nitrogen functional groups attached to an aromatic ring is 1. The molecule has 5 nitrogen and oxygen atoms in total. The third-order valence-electron chi connectivity index (χ3n) is 2.76. The number of carbonyl (C=O) groups excluding carboxylic acids is 1. The lowest BCUT2D eigenvalue weighted by molar-refractivity contribution is -0.115. The van der Waals surface area contributed by atoms with Gasteiger partial charge in [0, 0.05) is 5.56 Å². The van der Waals surface area contributed by atoms with Gasteiger partial charge in [0.05, 0.1) is 24.4 Å². The first-order valence-electron chi connectivity index (χ1n) is 6.80. The van der Waals surface area contributed by atoms with Crippen LogP contribution in [0.2, 0.25) is 0 Å². The number of rotatable bonds is 5. The van der Waals surface area contributed by atoms with Crippen molar-refractivity contribution in [2.45, 2.75) is 26.4 Å². The van der Waals surface area contributed by atoms with E-state index in [1.807, 2.05) is 38.1 Å². The van der Waals surface area contributed by atoms with Crippen molar-refractivity contribution < 1.29 is 9.53 Å². The second-order valence-electron chi connectivity index (χ2n) is 4.97. The molecule has 1 amide bonds. The second-order valence-corrected chi connectivity index (χ2v) is 4.97. The van der Waals surface area contributed by atoms with E-state index in [-0.39, 0.29) is 30.8 Å². The van der Waals surface area contributed by atoms with E-state index in [1.165, 1.54) is 6.20 Å². The highest BCUT2D eigenvalue weighted by Crippen LogP contribution is 2.20. The largest absolute Gasteiger partial charge is 0.491 e. The van der Waals surface area contributed by atoms with Gasteiger partial charge in [-0.2, -0.15) is 0 Å². The molecule has 0 bridgehead atoms. The highest BCUT2D eigenvalue weighted by molar-refractivity contribution is 5.92. The fraction of sp³-hybridized carbons (Fsp3) is 0.250. The Morgan fingerprint density at radius 1 is 1.27 bits per heavy atom. The maximum absolute atomic E-state index is 12.1. The number of ether oxygens (including phenoxy) is 1. The van der Waals surface area contributed by atoms with Crippen LogP contribution in [0.15, 0.2) is 42.6 Å². The monoisotopic (exact) mass is 321 g/mol. The van der Waals surface area contributed by atoms with Crippen molar-refractivity contribution in [2.24, 2.45) is 0 Å². The van der Waals surface area contributed by atoms with Gasteiger partial charge >= 0.3 is 0 Å². The summed E-state index contributed by atoms with van der Waals surface area (Å²) in [5, 5.41) is 2.79. The third-order valence-corrected chi connectivity index (χ3v) is 2.76. The lowest BCUT2D eigenvalue weighted by Crippen LogP contribution is -2.16. The van der Waals surface area contributed by atoms with Crippen LogP contribution in [0.3, 0.4) is 0 Å². The summed E-state index contributed by atoms with van der Waals surface area (Å²) >= 11 is 0.